The van der Waals surface area contributed by atoms with Crippen LogP contribution in [-0.2, 0) is 0 Å². The van der Waals surface area contributed by atoms with E-state index in [1.807, 2.05) is 12.2 Å². The van der Waals surface area contributed by atoms with Gasteiger partial charge in [0, 0.05) is 13.1 Å². The van der Waals surface area contributed by atoms with Crippen molar-refractivity contribution >= 4 is 0 Å². The van der Waals surface area contributed by atoms with Gasteiger partial charge in [-0.15, -0.1) is 13.2 Å². The van der Waals surface area contributed by atoms with Crippen LogP contribution >= 0.6 is 0 Å². The quantitative estimate of drug-likeness (QED) is 0.408. The summed E-state index contributed by atoms with van der Waals surface area (Å²) < 4.78 is 0. The molecule has 7 heavy (non-hydrogen) atoms. The van der Waals surface area contributed by atoms with Crippen molar-refractivity contribution in [1.82, 2.24) is 5.32 Å². The molecule has 0 saturated heterocycles. The maximum atomic E-state index is 3.54. The van der Waals surface area contributed by atoms with Crippen molar-refractivity contribution in [1.29, 1.82) is 0 Å². The monoisotopic (exact) mass is 99.1 g/mol. The number of hydrogen-bond donors (Lipinski definition) is 1. The van der Waals surface area contributed by atoms with E-state index in [9.17, 15) is 0 Å². The molecule has 0 aliphatic rings. The van der Waals surface area contributed by atoms with Gasteiger partial charge in [0.2, 0.25) is 0 Å². The molecule has 0 aromatic heterocycles. The van der Waals surface area contributed by atoms with Crippen LogP contribution in [0.1, 0.15) is 0 Å². The fourth-order valence-electron chi connectivity index (χ4n) is 0.287. The zero-order valence-corrected chi connectivity index (χ0v) is 4.48. The van der Waals surface area contributed by atoms with Crippen LogP contribution in [0.5, 0.6) is 0 Å². The molecule has 0 bridgehead atoms. The minimum atomic E-state index is 0.867. The molecule has 0 atom stereocenters. The third-order valence-corrected chi connectivity index (χ3v) is 0.577. The summed E-state index contributed by atoms with van der Waals surface area (Å²) in [5, 5.41) is 3.05. The summed E-state index contributed by atoms with van der Waals surface area (Å²) in [5.74, 6) is 0. The zero-order chi connectivity index (χ0) is 5.54. The summed E-state index contributed by atoms with van der Waals surface area (Å²) in [4.78, 5) is 0. The molecule has 0 aromatic rings. The zero-order valence-electron chi connectivity index (χ0n) is 4.48. The maximum absolute atomic E-state index is 3.54. The molecule has 0 amide bonds. The Morgan fingerprint density at radius 1 is 1.57 bits per heavy atom. The fraction of sp³-hybridized carbons (Fsp3) is 0.333. The van der Waals surface area contributed by atoms with Crippen LogP contribution < -0.4 is 5.32 Å². The van der Waals surface area contributed by atoms with Gasteiger partial charge in [-0.1, -0.05) is 12.2 Å². The minimum absolute atomic E-state index is 0.867. The lowest BCUT2D eigenvalue weighted by Gasteiger charge is -1.90. The van der Waals surface area contributed by atoms with Crippen LogP contribution in [-0.4, -0.2) is 13.1 Å². The van der Waals surface area contributed by atoms with Crippen molar-refractivity contribution in [2.24, 2.45) is 0 Å². The summed E-state index contributed by atoms with van der Waals surface area (Å²) in [6.45, 7) is 8.81. The number of rotatable bonds is 4. The second-order valence-electron chi connectivity index (χ2n) is 1.24. The van der Waals surface area contributed by atoms with Gasteiger partial charge in [0.05, 0.1) is 0 Å². The van der Waals surface area contributed by atoms with E-state index in [1.54, 1.807) is 0 Å². The molecule has 0 rings (SSSR count). The first-order valence-electron chi connectivity index (χ1n) is 2.34. The van der Waals surface area contributed by atoms with E-state index in [2.05, 4.69) is 18.5 Å². The SMILES string of the molecule is C=CCN[14CH2]C=C. The van der Waals surface area contributed by atoms with Gasteiger partial charge in [-0.25, -0.2) is 0 Å². The van der Waals surface area contributed by atoms with Crippen molar-refractivity contribution in [3.05, 3.63) is 25.3 Å². The van der Waals surface area contributed by atoms with Gasteiger partial charge < -0.3 is 5.32 Å². The number of hydrogen-bond acceptors (Lipinski definition) is 1. The van der Waals surface area contributed by atoms with Crippen molar-refractivity contribution in [2.75, 3.05) is 13.1 Å². The fourth-order valence-corrected chi connectivity index (χ4v) is 0.287. The largest absolute Gasteiger partial charge is 0.310 e. The number of nitrogens with one attached hydrogen (secondary N) is 1. The Kier molecular flexibility index (Phi) is 5.00. The standard InChI is InChI=1S/C6H11N/c1-3-5-7-6-4-2/h3-4,7H,1-2,5-6H2/i5+2. The molecule has 1 N–H and O–H groups in total. The van der Waals surface area contributed by atoms with E-state index in [4.69, 9.17) is 0 Å². The smallest absolute Gasteiger partial charge is 0.0135 e. The molecule has 0 unspecified atom stereocenters. The normalized spacial score (nSPS) is 8.00. The van der Waals surface area contributed by atoms with E-state index in [0.29, 0.717) is 0 Å². The van der Waals surface area contributed by atoms with E-state index in [-0.39, 0.29) is 0 Å². The van der Waals surface area contributed by atoms with Gasteiger partial charge in [-0.05, 0) is 0 Å². The van der Waals surface area contributed by atoms with Crippen LogP contribution in [0.25, 0.3) is 0 Å². The molecule has 0 aromatic carbocycles. The molecule has 0 radical (unpaired) electrons. The molecular weight excluding hydrogens is 88.1 g/mol. The van der Waals surface area contributed by atoms with E-state index >= 15 is 0 Å². The molecule has 0 aliphatic carbocycles. The summed E-state index contributed by atoms with van der Waals surface area (Å²) in [7, 11) is 0. The second-order valence-corrected chi connectivity index (χ2v) is 1.24. The Bertz CT molecular complexity index is 49.2. The van der Waals surface area contributed by atoms with Crippen LogP contribution in [0.3, 0.4) is 0 Å². The van der Waals surface area contributed by atoms with Crippen molar-refractivity contribution in [3.63, 3.8) is 0 Å². The molecule has 0 fully saturated rings. The van der Waals surface area contributed by atoms with Crippen LogP contribution in [0.15, 0.2) is 25.3 Å². The topological polar surface area (TPSA) is 12.0 Å². The molecule has 1 nitrogen and oxygen atoms in total. The molecule has 0 spiro atoms. The predicted molar refractivity (Wildman–Crippen MR) is 33.3 cm³/mol. The van der Waals surface area contributed by atoms with Crippen molar-refractivity contribution < 1.29 is 0 Å². The Balaban J connectivity index is 2.68. The van der Waals surface area contributed by atoms with Crippen molar-refractivity contribution in [2.45, 2.75) is 0 Å². The highest BCUT2D eigenvalue weighted by molar-refractivity contribution is 4.75. The van der Waals surface area contributed by atoms with Gasteiger partial charge in [0.15, 0.2) is 0 Å². The first-order chi connectivity index (χ1) is 3.41. The second kappa shape index (κ2) is 5.44. The van der Waals surface area contributed by atoms with Crippen LogP contribution in [0, 0.1) is 0 Å². The van der Waals surface area contributed by atoms with Gasteiger partial charge in [-0.2, -0.15) is 0 Å². The molecule has 1 heteroatoms. The third-order valence-electron chi connectivity index (χ3n) is 0.577. The lowest BCUT2D eigenvalue weighted by Crippen LogP contribution is -2.11. The highest BCUT2D eigenvalue weighted by Crippen LogP contribution is 1.59. The molecule has 40 valence electrons. The van der Waals surface area contributed by atoms with Gasteiger partial charge in [-0.3, -0.25) is 0 Å². The van der Waals surface area contributed by atoms with E-state index in [1.165, 1.54) is 0 Å². The average Bonchev–Trinajstić information content (AvgIpc) is 1.69. The van der Waals surface area contributed by atoms with Crippen LogP contribution in [0.4, 0.5) is 0 Å². The average molecular weight is 99.2 g/mol. The minimum Gasteiger partial charge on any atom is -0.310 e. The van der Waals surface area contributed by atoms with E-state index < -0.39 is 0 Å². The molecular formula is C6H11N. The lowest BCUT2D eigenvalue weighted by molar-refractivity contribution is 0.845. The maximum Gasteiger partial charge on any atom is 0.0135 e. The molecule has 0 heterocycles. The summed E-state index contributed by atoms with van der Waals surface area (Å²) >= 11 is 0. The third kappa shape index (κ3) is 5.44. The Morgan fingerprint density at radius 2 is 2.29 bits per heavy atom. The Labute approximate surface area is 44.7 Å². The molecule has 0 aliphatic heterocycles. The van der Waals surface area contributed by atoms with Gasteiger partial charge in [0.1, 0.15) is 0 Å². The van der Waals surface area contributed by atoms with E-state index in [0.717, 1.165) is 13.1 Å². The van der Waals surface area contributed by atoms with Crippen LogP contribution in [0.2, 0.25) is 0 Å². The highest BCUT2D eigenvalue weighted by atomic mass is 15.3. The van der Waals surface area contributed by atoms with Crippen molar-refractivity contribution in [3.8, 4) is 0 Å². The summed E-state index contributed by atoms with van der Waals surface area (Å²) in [6.07, 6.45) is 3.65. The summed E-state index contributed by atoms with van der Waals surface area (Å²) in [6, 6.07) is 0. The lowest BCUT2D eigenvalue weighted by atomic mass is 10.7. The Morgan fingerprint density at radius 3 is 2.71 bits per heavy atom. The molecule has 0 saturated carbocycles. The van der Waals surface area contributed by atoms with Gasteiger partial charge in [0.25, 0.3) is 0 Å². The predicted octanol–water partition coefficient (Wildman–Crippen LogP) is 0.948. The Hall–Kier alpha value is -0.560. The van der Waals surface area contributed by atoms with Gasteiger partial charge >= 0.3 is 0 Å². The highest BCUT2D eigenvalue weighted by Gasteiger charge is 1.69. The summed E-state index contributed by atoms with van der Waals surface area (Å²) in [5.41, 5.74) is 0. The first-order valence-corrected chi connectivity index (χ1v) is 2.34. The first kappa shape index (κ1) is 6.44.